The molecule has 1 aromatic heterocycles. The highest BCUT2D eigenvalue weighted by Gasteiger charge is 2.28. The molecule has 4 heteroatoms. The molecule has 0 aliphatic heterocycles. The van der Waals surface area contributed by atoms with Crippen LogP contribution in [0.3, 0.4) is 0 Å². The summed E-state index contributed by atoms with van der Waals surface area (Å²) in [6.45, 7) is 2.11. The summed E-state index contributed by atoms with van der Waals surface area (Å²) in [7, 11) is 0. The van der Waals surface area contributed by atoms with Gasteiger partial charge < -0.3 is 11.1 Å². The van der Waals surface area contributed by atoms with E-state index >= 15 is 0 Å². The number of hydrogen-bond donors (Lipinski definition) is 2. The first-order valence-electron chi connectivity index (χ1n) is 6.13. The minimum absolute atomic E-state index is 0.0710. The molecule has 0 radical (unpaired) electrons. The van der Waals surface area contributed by atoms with E-state index in [4.69, 9.17) is 5.73 Å². The van der Waals surface area contributed by atoms with E-state index in [0.29, 0.717) is 11.4 Å². The SMILES string of the molecule is CC1(NC(=O)c2ccc(N)cn2)CCCCC1. The summed E-state index contributed by atoms with van der Waals surface area (Å²) < 4.78 is 0. The number of carbonyl (C=O) groups excluding carboxylic acids is 1. The average molecular weight is 233 g/mol. The van der Waals surface area contributed by atoms with Crippen LogP contribution in [0.25, 0.3) is 0 Å². The zero-order chi connectivity index (χ0) is 12.3. The van der Waals surface area contributed by atoms with Crippen molar-refractivity contribution in [1.82, 2.24) is 10.3 Å². The highest BCUT2D eigenvalue weighted by Crippen LogP contribution is 2.27. The summed E-state index contributed by atoms with van der Waals surface area (Å²) in [5.74, 6) is -0.102. The van der Waals surface area contributed by atoms with Crippen molar-refractivity contribution in [3.63, 3.8) is 0 Å². The van der Waals surface area contributed by atoms with Gasteiger partial charge in [-0.25, -0.2) is 4.98 Å². The van der Waals surface area contributed by atoms with E-state index in [2.05, 4.69) is 17.2 Å². The molecule has 0 atom stereocenters. The van der Waals surface area contributed by atoms with E-state index in [9.17, 15) is 4.79 Å². The Morgan fingerprint density at radius 2 is 2.06 bits per heavy atom. The molecule has 1 aliphatic rings. The van der Waals surface area contributed by atoms with Gasteiger partial charge in [-0.2, -0.15) is 0 Å². The van der Waals surface area contributed by atoms with Gasteiger partial charge in [-0.05, 0) is 31.9 Å². The summed E-state index contributed by atoms with van der Waals surface area (Å²) in [6.07, 6.45) is 7.25. The van der Waals surface area contributed by atoms with Gasteiger partial charge in [0, 0.05) is 5.54 Å². The monoisotopic (exact) mass is 233 g/mol. The van der Waals surface area contributed by atoms with Crippen molar-refractivity contribution < 1.29 is 4.79 Å². The predicted molar refractivity (Wildman–Crippen MR) is 67.6 cm³/mol. The normalized spacial score (nSPS) is 18.6. The number of nitrogen functional groups attached to an aromatic ring is 1. The molecular formula is C13H19N3O. The first kappa shape index (κ1) is 11.9. The minimum Gasteiger partial charge on any atom is -0.397 e. The van der Waals surface area contributed by atoms with Crippen LogP contribution in [0, 0.1) is 0 Å². The summed E-state index contributed by atoms with van der Waals surface area (Å²) >= 11 is 0. The molecule has 1 aliphatic carbocycles. The molecule has 0 bridgehead atoms. The fourth-order valence-electron chi connectivity index (χ4n) is 2.33. The van der Waals surface area contributed by atoms with E-state index in [1.165, 1.54) is 25.5 Å². The summed E-state index contributed by atoms with van der Waals surface area (Å²) in [5.41, 5.74) is 6.48. The number of carbonyl (C=O) groups is 1. The van der Waals surface area contributed by atoms with Gasteiger partial charge in [0.1, 0.15) is 5.69 Å². The fraction of sp³-hybridized carbons (Fsp3) is 0.538. The van der Waals surface area contributed by atoms with Gasteiger partial charge in [-0.1, -0.05) is 19.3 Å². The maximum absolute atomic E-state index is 12.0. The molecule has 0 unspecified atom stereocenters. The number of nitrogens with zero attached hydrogens (tertiary/aromatic N) is 1. The van der Waals surface area contributed by atoms with Crippen molar-refractivity contribution in [1.29, 1.82) is 0 Å². The first-order valence-corrected chi connectivity index (χ1v) is 6.13. The molecule has 17 heavy (non-hydrogen) atoms. The van der Waals surface area contributed by atoms with Crippen LogP contribution in [-0.4, -0.2) is 16.4 Å². The molecule has 1 amide bonds. The highest BCUT2D eigenvalue weighted by molar-refractivity contribution is 5.92. The predicted octanol–water partition coefficient (Wildman–Crippen LogP) is 2.12. The number of nitrogens with two attached hydrogens (primary N) is 1. The van der Waals surface area contributed by atoms with Gasteiger partial charge in [-0.15, -0.1) is 0 Å². The Balaban J connectivity index is 2.03. The van der Waals surface area contributed by atoms with Crippen LogP contribution in [0.5, 0.6) is 0 Å². The number of rotatable bonds is 2. The number of anilines is 1. The number of aromatic nitrogens is 1. The molecule has 0 aromatic carbocycles. The Hall–Kier alpha value is -1.58. The third-order valence-corrected chi connectivity index (χ3v) is 3.39. The standard InChI is InChI=1S/C13H19N3O/c1-13(7-3-2-4-8-13)16-12(17)11-6-5-10(14)9-15-11/h5-6,9H,2-4,7-8,14H2,1H3,(H,16,17). The molecule has 4 nitrogen and oxygen atoms in total. The average Bonchev–Trinajstić information content (AvgIpc) is 2.30. The third-order valence-electron chi connectivity index (χ3n) is 3.39. The van der Waals surface area contributed by atoms with Crippen LogP contribution in [-0.2, 0) is 0 Å². The van der Waals surface area contributed by atoms with Crippen molar-refractivity contribution >= 4 is 11.6 Å². The maximum Gasteiger partial charge on any atom is 0.270 e. The first-order chi connectivity index (χ1) is 8.09. The van der Waals surface area contributed by atoms with E-state index in [-0.39, 0.29) is 11.4 Å². The van der Waals surface area contributed by atoms with Gasteiger partial charge in [0.05, 0.1) is 11.9 Å². The zero-order valence-corrected chi connectivity index (χ0v) is 10.2. The summed E-state index contributed by atoms with van der Waals surface area (Å²) in [6, 6.07) is 3.36. The topological polar surface area (TPSA) is 68.0 Å². The quantitative estimate of drug-likeness (QED) is 0.822. The van der Waals surface area contributed by atoms with Gasteiger partial charge >= 0.3 is 0 Å². The van der Waals surface area contributed by atoms with Crippen molar-refractivity contribution in [2.75, 3.05) is 5.73 Å². The number of hydrogen-bond acceptors (Lipinski definition) is 3. The van der Waals surface area contributed by atoms with Gasteiger partial charge in [-0.3, -0.25) is 4.79 Å². The van der Waals surface area contributed by atoms with Gasteiger partial charge in [0.25, 0.3) is 5.91 Å². The number of nitrogens with one attached hydrogen (secondary N) is 1. The Kier molecular flexibility index (Phi) is 3.31. The summed E-state index contributed by atoms with van der Waals surface area (Å²) in [5, 5.41) is 3.09. The Morgan fingerprint density at radius 1 is 1.35 bits per heavy atom. The van der Waals surface area contributed by atoms with E-state index in [1.807, 2.05) is 0 Å². The molecule has 2 rings (SSSR count). The van der Waals surface area contributed by atoms with Gasteiger partial charge in [0.15, 0.2) is 0 Å². The molecule has 1 heterocycles. The van der Waals surface area contributed by atoms with Crippen LogP contribution in [0.2, 0.25) is 0 Å². The lowest BCUT2D eigenvalue weighted by atomic mass is 9.83. The maximum atomic E-state index is 12.0. The second kappa shape index (κ2) is 4.73. The Labute approximate surface area is 102 Å². The fourth-order valence-corrected chi connectivity index (χ4v) is 2.33. The lowest BCUT2D eigenvalue weighted by molar-refractivity contribution is 0.0877. The molecule has 92 valence electrons. The lowest BCUT2D eigenvalue weighted by Gasteiger charge is -2.34. The highest BCUT2D eigenvalue weighted by atomic mass is 16.2. The second-order valence-corrected chi connectivity index (χ2v) is 5.05. The van der Waals surface area contributed by atoms with Crippen LogP contribution in [0.4, 0.5) is 5.69 Å². The van der Waals surface area contributed by atoms with E-state index < -0.39 is 0 Å². The molecule has 0 spiro atoms. The van der Waals surface area contributed by atoms with E-state index in [1.54, 1.807) is 12.1 Å². The molecular weight excluding hydrogens is 214 g/mol. The Bertz CT molecular complexity index is 394. The van der Waals surface area contributed by atoms with Crippen molar-refractivity contribution in [3.05, 3.63) is 24.0 Å². The molecule has 1 fully saturated rings. The van der Waals surface area contributed by atoms with Crippen LogP contribution in [0.1, 0.15) is 49.5 Å². The largest absolute Gasteiger partial charge is 0.397 e. The molecule has 3 N–H and O–H groups in total. The van der Waals surface area contributed by atoms with Gasteiger partial charge in [0.2, 0.25) is 0 Å². The molecule has 1 saturated carbocycles. The minimum atomic E-state index is -0.102. The smallest absolute Gasteiger partial charge is 0.270 e. The third kappa shape index (κ3) is 2.96. The number of pyridine rings is 1. The van der Waals surface area contributed by atoms with Crippen LogP contribution in [0.15, 0.2) is 18.3 Å². The zero-order valence-electron chi connectivity index (χ0n) is 10.2. The van der Waals surface area contributed by atoms with Crippen molar-refractivity contribution in [2.45, 2.75) is 44.6 Å². The van der Waals surface area contributed by atoms with Crippen molar-refractivity contribution in [2.24, 2.45) is 0 Å². The molecule has 1 aromatic rings. The Morgan fingerprint density at radius 3 is 2.65 bits per heavy atom. The summed E-state index contributed by atoms with van der Waals surface area (Å²) in [4.78, 5) is 16.1. The lowest BCUT2D eigenvalue weighted by Crippen LogP contribution is -2.47. The van der Waals surface area contributed by atoms with Crippen LogP contribution < -0.4 is 11.1 Å². The van der Waals surface area contributed by atoms with E-state index in [0.717, 1.165) is 12.8 Å². The molecule has 0 saturated heterocycles. The number of amides is 1. The van der Waals surface area contributed by atoms with Crippen LogP contribution >= 0.6 is 0 Å². The second-order valence-electron chi connectivity index (χ2n) is 5.05. The van der Waals surface area contributed by atoms with Crippen molar-refractivity contribution in [3.8, 4) is 0 Å².